The second-order valence-corrected chi connectivity index (χ2v) is 3.73. The van der Waals surface area contributed by atoms with Crippen LogP contribution in [-0.4, -0.2) is 19.4 Å². The Hall–Kier alpha value is -0.710. The topological polar surface area (TPSA) is 35.2 Å². The van der Waals surface area contributed by atoms with E-state index in [-0.39, 0.29) is 31.4 Å². The highest BCUT2D eigenvalue weighted by atomic mass is 35.5. The molecule has 0 saturated heterocycles. The van der Waals surface area contributed by atoms with E-state index in [0.717, 1.165) is 4.90 Å². The number of hydrogen-bond acceptors (Lipinski definition) is 3. The first-order chi connectivity index (χ1) is 7.26. The second-order valence-electron chi connectivity index (χ2n) is 2.85. The van der Waals surface area contributed by atoms with Crippen LogP contribution in [0.25, 0.3) is 0 Å². The van der Waals surface area contributed by atoms with Crippen LogP contribution in [0.1, 0.15) is 0 Å². The van der Waals surface area contributed by atoms with Gasteiger partial charge in [0.05, 0.1) is 0 Å². The van der Waals surface area contributed by atoms with Gasteiger partial charge in [0.1, 0.15) is 18.2 Å². The van der Waals surface area contributed by atoms with Gasteiger partial charge in [-0.1, -0.05) is 0 Å². The molecule has 0 aromatic heterocycles. The third-order valence-corrected chi connectivity index (χ3v) is 2.52. The average Bonchev–Trinajstić information content (AvgIpc) is 2.27. The lowest BCUT2D eigenvalue weighted by molar-refractivity contribution is 0.318. The van der Waals surface area contributed by atoms with Crippen molar-refractivity contribution in [3.8, 4) is 5.75 Å². The zero-order chi connectivity index (χ0) is 11.1. The van der Waals surface area contributed by atoms with E-state index in [1.165, 1.54) is 6.08 Å². The lowest BCUT2D eigenvalue weighted by atomic mass is 10.3. The molecule has 2 N–H and O–H groups in total. The van der Waals surface area contributed by atoms with E-state index in [1.807, 2.05) is 30.5 Å². The molecule has 0 heterocycles. The van der Waals surface area contributed by atoms with Crippen LogP contribution in [0.5, 0.6) is 5.75 Å². The summed E-state index contributed by atoms with van der Waals surface area (Å²) in [6.45, 7) is 0.135. The summed E-state index contributed by atoms with van der Waals surface area (Å²) in [6.07, 6.45) is 3.30. The van der Waals surface area contributed by atoms with Crippen molar-refractivity contribution in [3.63, 3.8) is 0 Å². The summed E-state index contributed by atoms with van der Waals surface area (Å²) in [6, 6.07) is 7.51. The number of rotatable bonds is 5. The van der Waals surface area contributed by atoms with Gasteiger partial charge in [-0.15, -0.1) is 24.2 Å². The standard InChI is InChI=1S/C11H14FNOS.ClH/c1-15-11-4-2-10(3-5-11)14-8-9(12)6-7-13;/h2-6H,7-8,13H2,1H3;1H/b9-6-;. The van der Waals surface area contributed by atoms with Crippen LogP contribution in [-0.2, 0) is 0 Å². The van der Waals surface area contributed by atoms with E-state index in [1.54, 1.807) is 11.8 Å². The molecule has 0 atom stereocenters. The average molecular weight is 264 g/mol. The van der Waals surface area contributed by atoms with Gasteiger partial charge in [0.2, 0.25) is 0 Å². The number of halogens is 2. The molecule has 0 aliphatic rings. The van der Waals surface area contributed by atoms with Crippen LogP contribution in [0.15, 0.2) is 41.1 Å². The van der Waals surface area contributed by atoms with Crippen molar-refractivity contribution in [2.45, 2.75) is 4.90 Å². The van der Waals surface area contributed by atoms with Gasteiger partial charge in [-0.25, -0.2) is 4.39 Å². The highest BCUT2D eigenvalue weighted by Gasteiger charge is 1.97. The maximum absolute atomic E-state index is 12.9. The smallest absolute Gasteiger partial charge is 0.139 e. The van der Waals surface area contributed by atoms with E-state index in [2.05, 4.69) is 0 Å². The summed E-state index contributed by atoms with van der Waals surface area (Å²) in [4.78, 5) is 1.15. The molecule has 0 radical (unpaired) electrons. The molecule has 5 heteroatoms. The van der Waals surface area contributed by atoms with Gasteiger partial charge in [-0.05, 0) is 36.6 Å². The van der Waals surface area contributed by atoms with Crippen LogP contribution < -0.4 is 10.5 Å². The second kappa shape index (κ2) is 8.44. The Bertz CT molecular complexity index is 329. The van der Waals surface area contributed by atoms with Crippen LogP contribution in [0, 0.1) is 0 Å². The van der Waals surface area contributed by atoms with Gasteiger partial charge < -0.3 is 10.5 Å². The van der Waals surface area contributed by atoms with Gasteiger partial charge in [-0.3, -0.25) is 0 Å². The molecule has 1 aromatic carbocycles. The number of ether oxygens (including phenoxy) is 1. The first kappa shape index (κ1) is 15.3. The Balaban J connectivity index is 0.00000225. The molecule has 0 aliphatic carbocycles. The van der Waals surface area contributed by atoms with Crippen molar-refractivity contribution < 1.29 is 9.13 Å². The predicted molar refractivity (Wildman–Crippen MR) is 69.2 cm³/mol. The fourth-order valence-electron chi connectivity index (χ4n) is 1.01. The maximum Gasteiger partial charge on any atom is 0.139 e. The summed E-state index contributed by atoms with van der Waals surface area (Å²) < 4.78 is 18.1. The largest absolute Gasteiger partial charge is 0.487 e. The molecule has 0 unspecified atom stereocenters. The number of thioether (sulfide) groups is 1. The normalized spacial score (nSPS) is 10.8. The van der Waals surface area contributed by atoms with Gasteiger partial charge in [-0.2, -0.15) is 0 Å². The monoisotopic (exact) mass is 263 g/mol. The maximum atomic E-state index is 12.9. The minimum Gasteiger partial charge on any atom is -0.487 e. The van der Waals surface area contributed by atoms with E-state index >= 15 is 0 Å². The molecule has 0 spiro atoms. The quantitative estimate of drug-likeness (QED) is 0.830. The molecule has 0 aliphatic heterocycles. The van der Waals surface area contributed by atoms with E-state index in [4.69, 9.17) is 10.5 Å². The molecule has 1 rings (SSSR count). The first-order valence-electron chi connectivity index (χ1n) is 4.57. The van der Waals surface area contributed by atoms with Crippen LogP contribution in [0.4, 0.5) is 4.39 Å². The zero-order valence-electron chi connectivity index (χ0n) is 8.98. The lowest BCUT2D eigenvalue weighted by Gasteiger charge is -2.04. The molecule has 0 fully saturated rings. The zero-order valence-corrected chi connectivity index (χ0v) is 10.6. The van der Waals surface area contributed by atoms with Crippen molar-refractivity contribution in [2.24, 2.45) is 5.73 Å². The van der Waals surface area contributed by atoms with Crippen LogP contribution >= 0.6 is 24.2 Å². The molecule has 90 valence electrons. The highest BCUT2D eigenvalue weighted by Crippen LogP contribution is 2.19. The van der Waals surface area contributed by atoms with E-state index in [9.17, 15) is 4.39 Å². The van der Waals surface area contributed by atoms with E-state index in [0.29, 0.717) is 5.75 Å². The molecular weight excluding hydrogens is 249 g/mol. The minimum atomic E-state index is -0.341. The van der Waals surface area contributed by atoms with Gasteiger partial charge in [0.25, 0.3) is 0 Å². The molecule has 0 amide bonds. The Morgan fingerprint density at radius 3 is 2.56 bits per heavy atom. The minimum absolute atomic E-state index is 0. The summed E-state index contributed by atoms with van der Waals surface area (Å²) in [5.74, 6) is 0.319. The third-order valence-electron chi connectivity index (χ3n) is 1.78. The Labute approximate surface area is 105 Å². The molecule has 16 heavy (non-hydrogen) atoms. The Morgan fingerprint density at radius 1 is 1.44 bits per heavy atom. The number of benzene rings is 1. The molecule has 2 nitrogen and oxygen atoms in total. The molecule has 0 bridgehead atoms. The summed E-state index contributed by atoms with van der Waals surface area (Å²) in [5.41, 5.74) is 5.16. The van der Waals surface area contributed by atoms with Gasteiger partial charge >= 0.3 is 0 Å². The van der Waals surface area contributed by atoms with Crippen LogP contribution in [0.3, 0.4) is 0 Å². The SMILES string of the molecule is CSc1ccc(OC/C(F)=C/CN)cc1.Cl. The summed E-state index contributed by atoms with van der Waals surface area (Å²) in [7, 11) is 0. The molecule has 0 saturated carbocycles. The Morgan fingerprint density at radius 2 is 2.06 bits per heavy atom. The van der Waals surface area contributed by atoms with Crippen molar-refractivity contribution in [1.82, 2.24) is 0 Å². The summed E-state index contributed by atoms with van der Waals surface area (Å²) >= 11 is 1.65. The number of nitrogens with two attached hydrogens (primary N) is 1. The fraction of sp³-hybridized carbons (Fsp3) is 0.273. The van der Waals surface area contributed by atoms with Crippen LogP contribution in [0.2, 0.25) is 0 Å². The van der Waals surface area contributed by atoms with Crippen molar-refractivity contribution >= 4 is 24.2 Å². The fourth-order valence-corrected chi connectivity index (χ4v) is 1.42. The first-order valence-corrected chi connectivity index (χ1v) is 5.80. The van der Waals surface area contributed by atoms with E-state index < -0.39 is 0 Å². The Kier molecular flexibility index (Phi) is 8.07. The van der Waals surface area contributed by atoms with Crippen molar-refractivity contribution in [1.29, 1.82) is 0 Å². The third kappa shape index (κ3) is 5.39. The molecule has 1 aromatic rings. The predicted octanol–water partition coefficient (Wildman–Crippen LogP) is 3.02. The van der Waals surface area contributed by atoms with Gasteiger partial charge in [0.15, 0.2) is 0 Å². The van der Waals surface area contributed by atoms with Gasteiger partial charge in [0, 0.05) is 11.4 Å². The lowest BCUT2D eigenvalue weighted by Crippen LogP contribution is -2.01. The van der Waals surface area contributed by atoms with Crippen molar-refractivity contribution in [3.05, 3.63) is 36.2 Å². The highest BCUT2D eigenvalue weighted by molar-refractivity contribution is 7.98. The molecular formula is C11H15ClFNOS. The number of hydrogen-bond donors (Lipinski definition) is 1. The summed E-state index contributed by atoms with van der Waals surface area (Å²) in [5, 5.41) is 0. The van der Waals surface area contributed by atoms with Crippen molar-refractivity contribution in [2.75, 3.05) is 19.4 Å².